The lowest BCUT2D eigenvalue weighted by Crippen LogP contribution is -2.76. The summed E-state index contributed by atoms with van der Waals surface area (Å²) in [7, 11) is 0. The quantitative estimate of drug-likeness (QED) is 0.348. The van der Waals surface area contributed by atoms with Crippen LogP contribution in [0.1, 0.15) is 69.3 Å². The fraction of sp³-hybridized carbons (Fsp3) is 0.647. The molecule has 1 aromatic rings. The van der Waals surface area contributed by atoms with E-state index in [1.54, 1.807) is 18.4 Å². The van der Waals surface area contributed by atoms with Gasteiger partial charge in [-0.2, -0.15) is 11.3 Å². The highest BCUT2D eigenvalue weighted by atomic mass is 32.1. The van der Waals surface area contributed by atoms with Crippen LogP contribution < -0.4 is 11.1 Å². The molecule has 0 radical (unpaired) electrons. The third-order valence-electron chi connectivity index (χ3n) is 11.9. The van der Waals surface area contributed by atoms with Gasteiger partial charge in [0.15, 0.2) is 18.1 Å². The average molecular weight is 643 g/mol. The van der Waals surface area contributed by atoms with E-state index in [0.29, 0.717) is 48.9 Å². The molecular formula is C34H43FN2O7S. The molecule has 5 aliphatic rings. The number of carbonyl (C=O) groups is 4. The number of fused-ring (bicyclic) bond motifs is 4. The molecular weight excluding hydrogens is 599 g/mol. The van der Waals surface area contributed by atoms with Crippen LogP contribution in [0.2, 0.25) is 0 Å². The number of nitrogens with two attached hydrogens (primary N) is 1. The Morgan fingerprint density at radius 2 is 2.02 bits per heavy atom. The molecule has 6 rings (SSSR count). The number of amides is 1. The van der Waals surface area contributed by atoms with E-state index in [-0.39, 0.29) is 48.3 Å². The Labute approximate surface area is 266 Å². The molecule has 4 N–H and O–H groups in total. The van der Waals surface area contributed by atoms with Crippen molar-refractivity contribution in [3.63, 3.8) is 0 Å². The summed E-state index contributed by atoms with van der Waals surface area (Å²) in [6, 6.07) is -0.617. The molecule has 45 heavy (non-hydrogen) atoms. The van der Waals surface area contributed by atoms with Gasteiger partial charge in [-0.15, -0.1) is 0 Å². The van der Waals surface area contributed by atoms with Crippen molar-refractivity contribution in [3.05, 3.63) is 45.7 Å². The third kappa shape index (κ3) is 4.47. The van der Waals surface area contributed by atoms with Crippen LogP contribution in [0, 0.1) is 34.5 Å². The predicted octanol–water partition coefficient (Wildman–Crippen LogP) is 3.48. The van der Waals surface area contributed by atoms with Crippen LogP contribution in [0.25, 0.3) is 0 Å². The van der Waals surface area contributed by atoms with Crippen molar-refractivity contribution in [2.45, 2.75) is 83.2 Å². The molecule has 2 heterocycles. The van der Waals surface area contributed by atoms with Gasteiger partial charge in [-0.05, 0) is 79.9 Å². The number of halogens is 1. The van der Waals surface area contributed by atoms with Crippen LogP contribution in [-0.4, -0.2) is 71.7 Å². The Hall–Kier alpha value is -2.73. The van der Waals surface area contributed by atoms with Crippen molar-refractivity contribution >= 4 is 34.8 Å². The number of ether oxygens (including phenoxy) is 2. The van der Waals surface area contributed by atoms with E-state index < -0.39 is 52.7 Å². The maximum absolute atomic E-state index is 17.4. The maximum atomic E-state index is 17.4. The fourth-order valence-electron chi connectivity index (χ4n) is 9.42. The number of alkyl halides is 1. The molecule has 0 aromatic carbocycles. The Morgan fingerprint density at radius 1 is 1.27 bits per heavy atom. The van der Waals surface area contributed by atoms with Gasteiger partial charge in [0.25, 0.3) is 0 Å². The molecule has 1 spiro atoms. The number of esters is 1. The summed E-state index contributed by atoms with van der Waals surface area (Å²) in [6.07, 6.45) is 5.20. The van der Waals surface area contributed by atoms with Crippen molar-refractivity contribution in [3.8, 4) is 0 Å². The first-order valence-electron chi connectivity index (χ1n) is 16.0. The second-order valence-electron chi connectivity index (χ2n) is 14.3. The number of hydrogen-bond donors (Lipinski definition) is 3. The van der Waals surface area contributed by atoms with Gasteiger partial charge < -0.3 is 25.6 Å². The first-order chi connectivity index (χ1) is 21.2. The van der Waals surface area contributed by atoms with Crippen molar-refractivity contribution in [2.24, 2.45) is 40.2 Å². The Kier molecular flexibility index (Phi) is 8.03. The number of nitrogens with one attached hydrogen (secondary N) is 1. The van der Waals surface area contributed by atoms with Gasteiger partial charge in [-0.25, -0.2) is 9.18 Å². The molecule has 0 bridgehead atoms. The van der Waals surface area contributed by atoms with Crippen molar-refractivity contribution in [2.75, 3.05) is 19.8 Å². The molecule has 4 fully saturated rings. The normalized spacial score (nSPS) is 38.7. The topological polar surface area (TPSA) is 145 Å². The molecule has 3 saturated carbocycles. The zero-order chi connectivity index (χ0) is 32.5. The van der Waals surface area contributed by atoms with Gasteiger partial charge in [0.1, 0.15) is 5.60 Å². The van der Waals surface area contributed by atoms with E-state index in [4.69, 9.17) is 15.2 Å². The fourth-order valence-corrected chi connectivity index (χ4v) is 10.3. The highest BCUT2D eigenvalue weighted by Gasteiger charge is 2.81. The molecule has 4 aliphatic carbocycles. The second kappa shape index (κ2) is 11.2. The number of thiophene rings is 1. The number of hydrogen-bond acceptors (Lipinski definition) is 9. The van der Waals surface area contributed by atoms with Gasteiger partial charge in [0, 0.05) is 28.7 Å². The minimum atomic E-state index is -1.99. The Balaban J connectivity index is 1.15. The first-order valence-corrected chi connectivity index (χ1v) is 16.9. The minimum absolute atomic E-state index is 0.00122. The van der Waals surface area contributed by atoms with E-state index >= 15 is 4.39 Å². The van der Waals surface area contributed by atoms with Gasteiger partial charge in [-0.3, -0.25) is 14.4 Å². The minimum Gasteiger partial charge on any atom is -0.454 e. The summed E-state index contributed by atoms with van der Waals surface area (Å²) in [6.45, 7) is 7.48. The third-order valence-corrected chi connectivity index (χ3v) is 12.7. The van der Waals surface area contributed by atoms with Crippen LogP contribution in [-0.2, 0) is 30.3 Å². The van der Waals surface area contributed by atoms with Crippen LogP contribution in [0.3, 0.4) is 0 Å². The summed E-state index contributed by atoms with van der Waals surface area (Å²) < 4.78 is 29.2. The summed E-state index contributed by atoms with van der Waals surface area (Å²) in [4.78, 5) is 51.4. The van der Waals surface area contributed by atoms with Crippen LogP contribution >= 0.6 is 11.3 Å². The lowest BCUT2D eigenvalue weighted by molar-refractivity contribution is -0.309. The number of aliphatic hydroxyl groups is 1. The molecule has 1 aromatic heterocycles. The van der Waals surface area contributed by atoms with E-state index in [2.05, 4.69) is 5.32 Å². The van der Waals surface area contributed by atoms with Crippen LogP contribution in [0.15, 0.2) is 34.6 Å². The lowest BCUT2D eigenvalue weighted by atomic mass is 9.43. The number of aliphatic hydroxyl groups excluding tert-OH is 1. The molecule has 9 nitrogen and oxygen atoms in total. The predicted molar refractivity (Wildman–Crippen MR) is 165 cm³/mol. The largest absolute Gasteiger partial charge is 0.454 e. The molecule has 1 aliphatic heterocycles. The second-order valence-corrected chi connectivity index (χ2v) is 15.0. The zero-order valence-corrected chi connectivity index (χ0v) is 27.1. The zero-order valence-electron chi connectivity index (χ0n) is 26.3. The SMILES string of the molecule is CC(C)[C@H](N)C(=O)NCCc1cscc1C(=O)OCC(=O)[C@]12OC[C@@]13CC(O)[C@@]1(F)[C@@H](CCC4=CC(=O)C=C[C@@]41C)[C@@H]3C[C@H]2C. The highest BCUT2D eigenvalue weighted by molar-refractivity contribution is 7.08. The standard InChI is InChI=1S/C34H43FN2O7S/c1-18(2)28(36)29(41)37-10-8-20-15-45-16-23(20)30(42)43-14-27(40)34-19(3)11-25-24-6-5-21-12-22(38)7-9-31(21,4)33(24,35)26(39)13-32(25,34)17-44-34/h7,9,12,15-16,18-19,24-26,28,39H,5-6,8,10-11,13-14,17,36H2,1-4H3,(H,37,41)/t19-,24+,25+,26?,28+,31+,32-,33+,34+/m1/s1. The molecule has 1 saturated heterocycles. The van der Waals surface area contributed by atoms with Gasteiger partial charge in [0.05, 0.1) is 24.3 Å². The molecule has 11 heteroatoms. The smallest absolute Gasteiger partial charge is 0.339 e. The number of carbonyl (C=O) groups excluding carboxylic acids is 4. The Morgan fingerprint density at radius 3 is 2.71 bits per heavy atom. The highest BCUT2D eigenvalue weighted by Crippen LogP contribution is 2.74. The number of rotatable bonds is 9. The van der Waals surface area contributed by atoms with Crippen molar-refractivity contribution < 1.29 is 38.1 Å². The van der Waals surface area contributed by atoms with E-state index in [9.17, 15) is 24.3 Å². The van der Waals surface area contributed by atoms with E-state index in [1.807, 2.05) is 26.2 Å². The summed E-state index contributed by atoms with van der Waals surface area (Å²) in [5.74, 6) is -2.42. The van der Waals surface area contributed by atoms with Gasteiger partial charge >= 0.3 is 5.97 Å². The molecule has 9 atom stereocenters. The van der Waals surface area contributed by atoms with E-state index in [0.717, 1.165) is 0 Å². The summed E-state index contributed by atoms with van der Waals surface area (Å²) in [5.41, 5.74) is 2.53. The monoisotopic (exact) mass is 642 g/mol. The molecule has 1 unspecified atom stereocenters. The maximum Gasteiger partial charge on any atom is 0.339 e. The number of ketones is 2. The Bertz CT molecular complexity index is 1490. The van der Waals surface area contributed by atoms with Crippen molar-refractivity contribution in [1.29, 1.82) is 0 Å². The van der Waals surface area contributed by atoms with Crippen LogP contribution in [0.5, 0.6) is 0 Å². The molecule has 244 valence electrons. The number of Topliss-reactive ketones (excluding diaryl/α,β-unsaturated/α-hetero) is 1. The van der Waals surface area contributed by atoms with Crippen LogP contribution in [0.4, 0.5) is 4.39 Å². The van der Waals surface area contributed by atoms with Gasteiger partial charge in [0.2, 0.25) is 11.7 Å². The summed E-state index contributed by atoms with van der Waals surface area (Å²) in [5, 5.41) is 17.9. The number of allylic oxidation sites excluding steroid dienone is 4. The lowest BCUT2D eigenvalue weighted by Gasteiger charge is -2.67. The van der Waals surface area contributed by atoms with E-state index in [1.165, 1.54) is 23.5 Å². The van der Waals surface area contributed by atoms with Crippen molar-refractivity contribution in [1.82, 2.24) is 5.32 Å². The summed E-state index contributed by atoms with van der Waals surface area (Å²) >= 11 is 1.33. The first kappa shape index (κ1) is 32.2. The van der Waals surface area contributed by atoms with Gasteiger partial charge in [-0.1, -0.05) is 32.4 Å². The average Bonchev–Trinajstić information content (AvgIpc) is 3.51. The molecule has 1 amide bonds.